The Morgan fingerprint density at radius 2 is 1.86 bits per heavy atom. The van der Waals surface area contributed by atoms with Gasteiger partial charge in [0.15, 0.2) is 0 Å². The highest BCUT2D eigenvalue weighted by molar-refractivity contribution is 5.57. The first kappa shape index (κ1) is 14.7. The second-order valence-electron chi connectivity index (χ2n) is 5.62. The van der Waals surface area contributed by atoms with Crippen LogP contribution in [0.2, 0.25) is 0 Å². The van der Waals surface area contributed by atoms with Crippen molar-refractivity contribution in [2.45, 2.75) is 6.92 Å². The first-order valence-electron chi connectivity index (χ1n) is 7.42. The lowest BCUT2D eigenvalue weighted by molar-refractivity contribution is 0.311. The smallest absolute Gasteiger partial charge is 0.227 e. The van der Waals surface area contributed by atoms with Crippen molar-refractivity contribution < 1.29 is 4.39 Å². The lowest BCUT2D eigenvalue weighted by atomic mass is 10.3. The van der Waals surface area contributed by atoms with E-state index in [9.17, 15) is 4.39 Å². The third kappa shape index (κ3) is 3.51. The summed E-state index contributed by atoms with van der Waals surface area (Å²) in [5.41, 5.74) is 1.57. The molecule has 0 unspecified atom stereocenters. The minimum absolute atomic E-state index is 0.268. The van der Waals surface area contributed by atoms with Crippen LogP contribution in [0.4, 0.5) is 21.8 Å². The van der Waals surface area contributed by atoms with Gasteiger partial charge in [-0.05, 0) is 32.2 Å². The van der Waals surface area contributed by atoms with E-state index in [4.69, 9.17) is 0 Å². The summed E-state index contributed by atoms with van der Waals surface area (Å²) < 4.78 is 13.3. The van der Waals surface area contributed by atoms with E-state index in [0.29, 0.717) is 11.5 Å². The molecule has 0 radical (unpaired) electrons. The van der Waals surface area contributed by atoms with Gasteiger partial charge in [0.1, 0.15) is 11.6 Å². The molecule has 1 aromatic carbocycles. The highest BCUT2D eigenvalue weighted by atomic mass is 19.1. The molecule has 1 aromatic heterocycles. The first-order valence-corrected chi connectivity index (χ1v) is 7.42. The number of hydrogen-bond acceptors (Lipinski definition) is 5. The number of aromatic nitrogens is 2. The number of hydrogen-bond donors (Lipinski definition) is 1. The first-order chi connectivity index (χ1) is 10.6. The fourth-order valence-corrected chi connectivity index (χ4v) is 2.48. The molecule has 1 aliphatic rings. The van der Waals surface area contributed by atoms with Gasteiger partial charge < -0.3 is 15.1 Å². The number of likely N-dealkylation sites (N-methyl/N-ethyl adjacent to an activating group) is 1. The van der Waals surface area contributed by atoms with E-state index in [0.717, 1.165) is 37.8 Å². The standard InChI is InChI=1S/C16H20FN5/c1-12-10-15(19-14-5-3-4-13(17)11-14)20-16(18-12)22-8-6-21(2)7-9-22/h3-5,10-11H,6-9H2,1-2H3,(H,18,19,20). The summed E-state index contributed by atoms with van der Waals surface area (Å²) in [6, 6.07) is 8.23. The minimum Gasteiger partial charge on any atom is -0.340 e. The summed E-state index contributed by atoms with van der Waals surface area (Å²) >= 11 is 0. The Hall–Kier alpha value is -2.21. The molecule has 0 aliphatic carbocycles. The lowest BCUT2D eigenvalue weighted by Crippen LogP contribution is -2.45. The van der Waals surface area contributed by atoms with Gasteiger partial charge in [0.25, 0.3) is 0 Å². The molecule has 5 nitrogen and oxygen atoms in total. The minimum atomic E-state index is -0.268. The van der Waals surface area contributed by atoms with Crippen LogP contribution in [-0.2, 0) is 0 Å². The highest BCUT2D eigenvalue weighted by Crippen LogP contribution is 2.19. The van der Waals surface area contributed by atoms with Gasteiger partial charge in [-0.25, -0.2) is 9.37 Å². The second-order valence-corrected chi connectivity index (χ2v) is 5.62. The molecule has 22 heavy (non-hydrogen) atoms. The van der Waals surface area contributed by atoms with Gasteiger partial charge >= 0.3 is 0 Å². The maximum Gasteiger partial charge on any atom is 0.227 e. The molecule has 6 heteroatoms. The Morgan fingerprint density at radius 1 is 1.09 bits per heavy atom. The molecule has 1 fully saturated rings. The molecule has 0 atom stereocenters. The van der Waals surface area contributed by atoms with Crippen molar-refractivity contribution in [1.82, 2.24) is 14.9 Å². The Kier molecular flexibility index (Phi) is 4.20. The van der Waals surface area contributed by atoms with Crippen molar-refractivity contribution in [2.75, 3.05) is 43.4 Å². The average molecular weight is 301 g/mol. The summed E-state index contributed by atoms with van der Waals surface area (Å²) in [5.74, 6) is 1.15. The molecular weight excluding hydrogens is 281 g/mol. The number of anilines is 3. The molecule has 0 bridgehead atoms. The zero-order valence-corrected chi connectivity index (χ0v) is 12.9. The normalized spacial score (nSPS) is 15.9. The summed E-state index contributed by atoms with van der Waals surface area (Å²) in [5, 5.41) is 3.15. The van der Waals surface area contributed by atoms with E-state index in [1.165, 1.54) is 12.1 Å². The molecule has 0 spiro atoms. The van der Waals surface area contributed by atoms with E-state index in [1.807, 2.05) is 19.1 Å². The zero-order chi connectivity index (χ0) is 15.5. The van der Waals surface area contributed by atoms with Crippen LogP contribution in [0.5, 0.6) is 0 Å². The lowest BCUT2D eigenvalue weighted by Gasteiger charge is -2.32. The van der Waals surface area contributed by atoms with Crippen molar-refractivity contribution >= 4 is 17.5 Å². The number of nitrogens with zero attached hydrogens (tertiary/aromatic N) is 4. The second kappa shape index (κ2) is 6.27. The monoisotopic (exact) mass is 301 g/mol. The largest absolute Gasteiger partial charge is 0.340 e. The van der Waals surface area contributed by atoms with Crippen molar-refractivity contribution in [2.24, 2.45) is 0 Å². The fourth-order valence-electron chi connectivity index (χ4n) is 2.48. The molecule has 1 aliphatic heterocycles. The maximum absolute atomic E-state index is 13.3. The van der Waals surface area contributed by atoms with E-state index in [2.05, 4.69) is 32.1 Å². The van der Waals surface area contributed by atoms with Crippen molar-refractivity contribution in [3.63, 3.8) is 0 Å². The van der Waals surface area contributed by atoms with Crippen LogP contribution in [0, 0.1) is 12.7 Å². The number of piperazine rings is 1. The van der Waals surface area contributed by atoms with Crippen LogP contribution in [0.3, 0.4) is 0 Å². The average Bonchev–Trinajstić information content (AvgIpc) is 2.47. The highest BCUT2D eigenvalue weighted by Gasteiger charge is 2.17. The summed E-state index contributed by atoms with van der Waals surface area (Å²) in [6.07, 6.45) is 0. The Balaban J connectivity index is 1.80. The van der Waals surface area contributed by atoms with Gasteiger partial charge in [-0.1, -0.05) is 6.07 Å². The molecule has 2 heterocycles. The quantitative estimate of drug-likeness (QED) is 0.943. The third-order valence-electron chi connectivity index (χ3n) is 3.73. The van der Waals surface area contributed by atoms with Gasteiger partial charge in [0, 0.05) is 43.6 Å². The predicted molar refractivity (Wildman–Crippen MR) is 86.2 cm³/mol. The Bertz CT molecular complexity index is 653. The van der Waals surface area contributed by atoms with Crippen molar-refractivity contribution in [3.05, 3.63) is 41.8 Å². The van der Waals surface area contributed by atoms with Crippen LogP contribution in [0.15, 0.2) is 30.3 Å². The molecule has 3 rings (SSSR count). The Labute approximate surface area is 129 Å². The molecule has 0 amide bonds. The molecular formula is C16H20FN5. The van der Waals surface area contributed by atoms with Gasteiger partial charge in [0.2, 0.25) is 5.95 Å². The molecule has 1 N–H and O–H groups in total. The van der Waals surface area contributed by atoms with Gasteiger partial charge in [0.05, 0.1) is 0 Å². The molecule has 2 aromatic rings. The maximum atomic E-state index is 13.3. The number of nitrogens with one attached hydrogen (secondary N) is 1. The van der Waals surface area contributed by atoms with Gasteiger partial charge in [-0.2, -0.15) is 4.98 Å². The number of aryl methyl sites for hydroxylation is 1. The van der Waals surface area contributed by atoms with E-state index >= 15 is 0 Å². The van der Waals surface area contributed by atoms with Crippen LogP contribution in [0.25, 0.3) is 0 Å². The predicted octanol–water partition coefficient (Wildman–Crippen LogP) is 2.42. The SMILES string of the molecule is Cc1cc(Nc2cccc(F)c2)nc(N2CCN(C)CC2)n1. The van der Waals surface area contributed by atoms with Gasteiger partial charge in [-0.3, -0.25) is 0 Å². The van der Waals surface area contributed by atoms with Crippen LogP contribution >= 0.6 is 0 Å². The molecule has 116 valence electrons. The van der Waals surface area contributed by atoms with Crippen LogP contribution in [-0.4, -0.2) is 48.1 Å². The van der Waals surface area contributed by atoms with Crippen LogP contribution < -0.4 is 10.2 Å². The summed E-state index contributed by atoms with van der Waals surface area (Å²) in [4.78, 5) is 13.6. The Morgan fingerprint density at radius 3 is 2.59 bits per heavy atom. The number of benzene rings is 1. The number of rotatable bonds is 3. The van der Waals surface area contributed by atoms with E-state index < -0.39 is 0 Å². The van der Waals surface area contributed by atoms with Gasteiger partial charge in [-0.15, -0.1) is 0 Å². The topological polar surface area (TPSA) is 44.3 Å². The van der Waals surface area contributed by atoms with Crippen LogP contribution in [0.1, 0.15) is 5.69 Å². The van der Waals surface area contributed by atoms with E-state index in [1.54, 1.807) is 6.07 Å². The summed E-state index contributed by atoms with van der Waals surface area (Å²) in [7, 11) is 2.12. The van der Waals surface area contributed by atoms with Crippen molar-refractivity contribution in [3.8, 4) is 0 Å². The summed E-state index contributed by atoms with van der Waals surface area (Å²) in [6.45, 7) is 5.78. The molecule has 1 saturated heterocycles. The van der Waals surface area contributed by atoms with E-state index in [-0.39, 0.29) is 5.82 Å². The van der Waals surface area contributed by atoms with Crippen molar-refractivity contribution in [1.29, 1.82) is 0 Å². The fraction of sp³-hybridized carbons (Fsp3) is 0.375. The zero-order valence-electron chi connectivity index (χ0n) is 12.9. The number of halogens is 1. The molecule has 0 saturated carbocycles. The third-order valence-corrected chi connectivity index (χ3v) is 3.73.